The lowest BCUT2D eigenvalue weighted by Gasteiger charge is -2.13. The van der Waals surface area contributed by atoms with Gasteiger partial charge in [0.2, 0.25) is 0 Å². The molecule has 0 aliphatic rings. The molecule has 7 nitrogen and oxygen atoms in total. The Balaban J connectivity index is 1.50. The van der Waals surface area contributed by atoms with Gasteiger partial charge in [0.1, 0.15) is 0 Å². The van der Waals surface area contributed by atoms with E-state index in [0.29, 0.717) is 0 Å². The van der Waals surface area contributed by atoms with Crippen LogP contribution in [0.5, 0.6) is 0 Å². The summed E-state index contributed by atoms with van der Waals surface area (Å²) in [4.78, 5) is 0. The van der Waals surface area contributed by atoms with Crippen molar-refractivity contribution in [3.63, 3.8) is 0 Å². The second-order valence-corrected chi connectivity index (χ2v) is 5.68. The van der Waals surface area contributed by atoms with Gasteiger partial charge in [-0.1, -0.05) is 30.3 Å². The summed E-state index contributed by atoms with van der Waals surface area (Å²) in [6.45, 7) is 2.78. The highest BCUT2D eigenvalue weighted by molar-refractivity contribution is 5.78. The number of aromatic nitrogens is 6. The second-order valence-electron chi connectivity index (χ2n) is 5.68. The van der Waals surface area contributed by atoms with Gasteiger partial charge in [0, 0.05) is 11.9 Å². The number of hydrogen-bond donors (Lipinski definition) is 2. The van der Waals surface area contributed by atoms with E-state index in [4.69, 9.17) is 0 Å². The van der Waals surface area contributed by atoms with Crippen LogP contribution in [-0.4, -0.2) is 30.4 Å². The summed E-state index contributed by atoms with van der Waals surface area (Å²) in [5, 5.41) is 23.7. The summed E-state index contributed by atoms with van der Waals surface area (Å²) in [5.41, 5.74) is 3.17. The van der Waals surface area contributed by atoms with Gasteiger partial charge in [-0.15, -0.1) is 5.10 Å². The summed E-state index contributed by atoms with van der Waals surface area (Å²) in [5.74, 6) is 0.781. The summed E-state index contributed by atoms with van der Waals surface area (Å²) >= 11 is 0. The van der Waals surface area contributed by atoms with Crippen LogP contribution in [0.2, 0.25) is 0 Å². The summed E-state index contributed by atoms with van der Waals surface area (Å²) in [7, 11) is 0. The standard InChI is InChI=1S/C17H17N7/c1-12(17-21-22-23-24(17)15-5-3-2-4-6-15)18-10-13-7-8-14-11-19-20-16(14)9-13/h2-9,11-12,18H,10H2,1H3,(H,19,20). The molecule has 1 atom stereocenters. The zero-order chi connectivity index (χ0) is 16.4. The minimum Gasteiger partial charge on any atom is -0.303 e. The smallest absolute Gasteiger partial charge is 0.173 e. The third-order valence-electron chi connectivity index (χ3n) is 4.00. The molecule has 0 aliphatic carbocycles. The zero-order valence-electron chi connectivity index (χ0n) is 13.2. The number of H-pyrrole nitrogens is 1. The zero-order valence-corrected chi connectivity index (χ0v) is 13.2. The Kier molecular flexibility index (Phi) is 3.76. The van der Waals surface area contributed by atoms with Crippen molar-refractivity contribution < 1.29 is 0 Å². The third-order valence-corrected chi connectivity index (χ3v) is 4.00. The van der Waals surface area contributed by atoms with Crippen molar-refractivity contribution in [1.29, 1.82) is 0 Å². The predicted octanol–water partition coefficient (Wildman–Crippen LogP) is 2.39. The van der Waals surface area contributed by atoms with Crippen molar-refractivity contribution in [3.8, 4) is 5.69 Å². The lowest BCUT2D eigenvalue weighted by atomic mass is 10.1. The van der Waals surface area contributed by atoms with E-state index in [2.05, 4.69) is 56.2 Å². The normalized spacial score (nSPS) is 12.5. The monoisotopic (exact) mass is 319 g/mol. The van der Waals surface area contributed by atoms with E-state index in [-0.39, 0.29) is 6.04 Å². The van der Waals surface area contributed by atoms with E-state index in [1.54, 1.807) is 4.68 Å². The molecular formula is C17H17N7. The molecule has 120 valence electrons. The molecule has 0 amide bonds. The van der Waals surface area contributed by atoms with Crippen LogP contribution < -0.4 is 5.32 Å². The van der Waals surface area contributed by atoms with Crippen LogP contribution in [0.4, 0.5) is 0 Å². The van der Waals surface area contributed by atoms with Gasteiger partial charge in [0.05, 0.1) is 23.4 Å². The van der Waals surface area contributed by atoms with E-state index in [1.165, 1.54) is 5.56 Å². The maximum Gasteiger partial charge on any atom is 0.173 e. The average Bonchev–Trinajstić information content (AvgIpc) is 3.29. The van der Waals surface area contributed by atoms with Gasteiger partial charge >= 0.3 is 0 Å². The first kappa shape index (κ1) is 14.5. The number of benzene rings is 2. The lowest BCUT2D eigenvalue weighted by molar-refractivity contribution is 0.532. The molecule has 0 aliphatic heterocycles. The Hall–Kier alpha value is -3.06. The van der Waals surface area contributed by atoms with Crippen LogP contribution in [0.25, 0.3) is 16.6 Å². The van der Waals surface area contributed by atoms with E-state index in [9.17, 15) is 0 Å². The van der Waals surface area contributed by atoms with Crippen molar-refractivity contribution in [2.45, 2.75) is 19.5 Å². The molecule has 24 heavy (non-hydrogen) atoms. The number of rotatable bonds is 5. The topological polar surface area (TPSA) is 84.3 Å². The van der Waals surface area contributed by atoms with Crippen molar-refractivity contribution in [2.75, 3.05) is 0 Å². The second kappa shape index (κ2) is 6.21. The number of tetrazole rings is 1. The number of nitrogens with one attached hydrogen (secondary N) is 2. The van der Waals surface area contributed by atoms with E-state index in [1.807, 2.05) is 36.5 Å². The fourth-order valence-corrected chi connectivity index (χ4v) is 2.67. The Labute approximate surface area is 138 Å². The number of para-hydroxylation sites is 1. The highest BCUT2D eigenvalue weighted by Crippen LogP contribution is 2.16. The quantitative estimate of drug-likeness (QED) is 0.590. The molecule has 0 saturated heterocycles. The molecule has 7 heteroatoms. The molecule has 0 saturated carbocycles. The van der Waals surface area contributed by atoms with Gasteiger partial charge in [-0.2, -0.15) is 9.78 Å². The molecule has 2 N–H and O–H groups in total. The minimum absolute atomic E-state index is 0.0117. The van der Waals surface area contributed by atoms with Crippen LogP contribution >= 0.6 is 0 Å². The lowest BCUT2D eigenvalue weighted by Crippen LogP contribution is -2.21. The number of fused-ring (bicyclic) bond motifs is 1. The summed E-state index contributed by atoms with van der Waals surface area (Å²) in [6.07, 6.45) is 1.82. The molecule has 4 aromatic rings. The maximum atomic E-state index is 4.17. The molecule has 0 radical (unpaired) electrons. The molecule has 0 bridgehead atoms. The summed E-state index contributed by atoms with van der Waals surface area (Å²) < 4.78 is 1.76. The first-order valence-corrected chi connectivity index (χ1v) is 7.80. The Morgan fingerprint density at radius 3 is 2.92 bits per heavy atom. The highest BCUT2D eigenvalue weighted by atomic mass is 15.5. The number of hydrogen-bond acceptors (Lipinski definition) is 5. The molecular weight excluding hydrogens is 302 g/mol. The van der Waals surface area contributed by atoms with Gasteiger partial charge in [-0.05, 0) is 41.1 Å². The van der Waals surface area contributed by atoms with E-state index < -0.39 is 0 Å². The third kappa shape index (κ3) is 2.77. The van der Waals surface area contributed by atoms with Crippen LogP contribution in [-0.2, 0) is 6.54 Å². The van der Waals surface area contributed by atoms with Crippen LogP contribution in [0.15, 0.2) is 54.7 Å². The molecule has 4 rings (SSSR count). The van der Waals surface area contributed by atoms with Gasteiger partial charge in [-0.3, -0.25) is 5.10 Å². The Morgan fingerprint density at radius 1 is 1.17 bits per heavy atom. The van der Waals surface area contributed by atoms with Crippen molar-refractivity contribution in [2.24, 2.45) is 0 Å². The van der Waals surface area contributed by atoms with Gasteiger partial charge < -0.3 is 5.32 Å². The van der Waals surface area contributed by atoms with Crippen molar-refractivity contribution in [1.82, 2.24) is 35.7 Å². The predicted molar refractivity (Wildman–Crippen MR) is 90.5 cm³/mol. The largest absolute Gasteiger partial charge is 0.303 e. The summed E-state index contributed by atoms with van der Waals surface area (Å²) in [6, 6.07) is 16.2. The molecule has 0 spiro atoms. The fraction of sp³-hybridized carbons (Fsp3) is 0.176. The van der Waals surface area contributed by atoms with Gasteiger partial charge in [0.25, 0.3) is 0 Å². The van der Waals surface area contributed by atoms with Crippen LogP contribution in [0.3, 0.4) is 0 Å². The van der Waals surface area contributed by atoms with E-state index >= 15 is 0 Å². The number of aromatic amines is 1. The van der Waals surface area contributed by atoms with Crippen molar-refractivity contribution >= 4 is 10.9 Å². The molecule has 2 aromatic carbocycles. The first-order valence-electron chi connectivity index (χ1n) is 7.80. The fourth-order valence-electron chi connectivity index (χ4n) is 2.67. The molecule has 2 aromatic heterocycles. The Bertz CT molecular complexity index is 942. The average molecular weight is 319 g/mol. The molecule has 1 unspecified atom stereocenters. The van der Waals surface area contributed by atoms with Crippen LogP contribution in [0, 0.1) is 0 Å². The number of nitrogens with zero attached hydrogens (tertiary/aromatic N) is 5. The highest BCUT2D eigenvalue weighted by Gasteiger charge is 2.15. The Morgan fingerprint density at radius 2 is 2.04 bits per heavy atom. The van der Waals surface area contributed by atoms with E-state index in [0.717, 1.165) is 29.0 Å². The first-order chi connectivity index (χ1) is 11.8. The molecule has 0 fully saturated rings. The van der Waals surface area contributed by atoms with Crippen LogP contribution in [0.1, 0.15) is 24.4 Å². The SMILES string of the molecule is CC(NCc1ccc2cn[nH]c2c1)c1nnnn1-c1ccccc1. The van der Waals surface area contributed by atoms with Crippen molar-refractivity contribution in [3.05, 3.63) is 66.1 Å². The molecule has 2 heterocycles. The van der Waals surface area contributed by atoms with Gasteiger partial charge in [0.15, 0.2) is 5.82 Å². The maximum absolute atomic E-state index is 4.17. The van der Waals surface area contributed by atoms with Gasteiger partial charge in [-0.25, -0.2) is 0 Å². The minimum atomic E-state index is 0.0117.